The first kappa shape index (κ1) is 32.6. The lowest BCUT2D eigenvalue weighted by molar-refractivity contribution is -0.143. The van der Waals surface area contributed by atoms with E-state index in [9.17, 15) is 40.7 Å². The molecular weight excluding hydrogens is 606 g/mol. The van der Waals surface area contributed by atoms with E-state index in [0.29, 0.717) is 12.1 Å². The Bertz CT molecular complexity index is 1620. The predicted octanol–water partition coefficient (Wildman–Crippen LogP) is 7.80. The van der Waals surface area contributed by atoms with Gasteiger partial charge in [0.2, 0.25) is 0 Å². The maximum absolute atomic E-state index is 13.5. The van der Waals surface area contributed by atoms with Crippen molar-refractivity contribution in [1.82, 2.24) is 5.32 Å². The van der Waals surface area contributed by atoms with E-state index in [1.165, 1.54) is 36.4 Å². The zero-order chi connectivity index (χ0) is 32.8. The first-order chi connectivity index (χ1) is 21.2. The average Bonchev–Trinajstić information content (AvgIpc) is 2.99. The smallest absolute Gasteiger partial charge is 0.420 e. The minimum atomic E-state index is -5.10. The highest BCUT2D eigenvalue weighted by atomic mass is 19.4. The van der Waals surface area contributed by atoms with E-state index >= 15 is 0 Å². The number of carboxylic acid groups (broad SMARTS) is 1. The Morgan fingerprint density at radius 1 is 0.733 bits per heavy atom. The summed E-state index contributed by atoms with van der Waals surface area (Å²) in [7, 11) is 0. The van der Waals surface area contributed by atoms with Crippen LogP contribution in [0.3, 0.4) is 0 Å². The van der Waals surface area contributed by atoms with Crippen LogP contribution in [0.5, 0.6) is 5.75 Å². The molecule has 2 N–H and O–H groups in total. The van der Waals surface area contributed by atoms with Gasteiger partial charge in [0.05, 0.1) is 24.1 Å². The molecule has 0 fully saturated rings. The van der Waals surface area contributed by atoms with Gasteiger partial charge in [-0.15, -0.1) is 0 Å². The number of carbonyl (C=O) groups excluding carboxylic acids is 2. The van der Waals surface area contributed by atoms with E-state index in [0.717, 1.165) is 16.0 Å². The van der Waals surface area contributed by atoms with Gasteiger partial charge in [-0.2, -0.15) is 26.3 Å². The number of rotatable bonds is 9. The molecule has 0 heterocycles. The lowest BCUT2D eigenvalue weighted by Crippen LogP contribution is -2.33. The number of hydrogen-bond acceptors (Lipinski definition) is 4. The second-order valence-corrected chi connectivity index (χ2v) is 9.71. The van der Waals surface area contributed by atoms with Crippen molar-refractivity contribution in [3.05, 3.63) is 119 Å². The minimum absolute atomic E-state index is 0.00559. The third-order valence-corrected chi connectivity index (χ3v) is 6.44. The Hall–Kier alpha value is -5.33. The second-order valence-electron chi connectivity index (χ2n) is 9.71. The number of ether oxygens (including phenoxy) is 1. The van der Waals surface area contributed by atoms with Crippen LogP contribution in [0.2, 0.25) is 0 Å². The number of nitrogens with one attached hydrogen (secondary N) is 1. The number of benzene rings is 4. The highest BCUT2D eigenvalue weighted by Gasteiger charge is 2.37. The fourth-order valence-electron chi connectivity index (χ4n) is 4.23. The molecular formula is C32H24F6N2O5. The van der Waals surface area contributed by atoms with E-state index < -0.39 is 53.6 Å². The van der Waals surface area contributed by atoms with Gasteiger partial charge >= 0.3 is 24.4 Å². The summed E-state index contributed by atoms with van der Waals surface area (Å²) in [4.78, 5) is 37.2. The maximum Gasteiger partial charge on any atom is 0.420 e. The zero-order valence-electron chi connectivity index (χ0n) is 23.2. The molecule has 234 valence electrons. The summed E-state index contributed by atoms with van der Waals surface area (Å²) in [6.45, 7) is -0.910. The van der Waals surface area contributed by atoms with Crippen molar-refractivity contribution in [3.8, 4) is 16.9 Å². The van der Waals surface area contributed by atoms with Gasteiger partial charge in [-0.25, -0.2) is 4.79 Å². The average molecular weight is 631 g/mol. The lowest BCUT2D eigenvalue weighted by Gasteiger charge is -2.24. The molecule has 4 aromatic rings. The highest BCUT2D eigenvalue weighted by molar-refractivity contribution is 5.95. The van der Waals surface area contributed by atoms with Crippen molar-refractivity contribution < 1.29 is 50.6 Å². The van der Waals surface area contributed by atoms with Crippen LogP contribution in [0, 0.1) is 0 Å². The van der Waals surface area contributed by atoms with Crippen molar-refractivity contribution in [2.24, 2.45) is 0 Å². The molecule has 0 bridgehead atoms. The van der Waals surface area contributed by atoms with Gasteiger partial charge in [0.15, 0.2) is 0 Å². The summed E-state index contributed by atoms with van der Waals surface area (Å²) in [5, 5.41) is 11.1. The van der Waals surface area contributed by atoms with Crippen molar-refractivity contribution in [3.63, 3.8) is 0 Å². The molecule has 0 radical (unpaired) electrons. The Kier molecular flexibility index (Phi) is 9.80. The third-order valence-electron chi connectivity index (χ3n) is 6.44. The summed E-state index contributed by atoms with van der Waals surface area (Å²) < 4.78 is 86.5. The van der Waals surface area contributed by atoms with Gasteiger partial charge in [-0.3, -0.25) is 14.5 Å². The molecule has 4 aromatic carbocycles. The summed E-state index contributed by atoms with van der Waals surface area (Å²) in [6.07, 6.45) is -11.6. The molecule has 0 unspecified atom stereocenters. The molecule has 7 nitrogen and oxygen atoms in total. The summed E-state index contributed by atoms with van der Waals surface area (Å²) >= 11 is 0. The normalized spacial score (nSPS) is 11.5. The van der Waals surface area contributed by atoms with Crippen LogP contribution < -0.4 is 15.0 Å². The number of carboxylic acids is 1. The summed E-state index contributed by atoms with van der Waals surface area (Å²) in [6, 6.07) is 21.6. The number of carbonyl (C=O) groups is 3. The summed E-state index contributed by atoms with van der Waals surface area (Å²) in [5.41, 5.74) is -1.84. The third kappa shape index (κ3) is 8.85. The van der Waals surface area contributed by atoms with Crippen molar-refractivity contribution in [2.45, 2.75) is 25.3 Å². The topological polar surface area (TPSA) is 95.9 Å². The van der Waals surface area contributed by atoms with E-state index in [4.69, 9.17) is 9.84 Å². The quantitative estimate of drug-likeness (QED) is 0.184. The minimum Gasteiger partial charge on any atom is -0.481 e. The van der Waals surface area contributed by atoms with Crippen LogP contribution in [-0.2, 0) is 23.7 Å². The van der Waals surface area contributed by atoms with Gasteiger partial charge in [0, 0.05) is 17.8 Å². The van der Waals surface area contributed by atoms with Crippen molar-refractivity contribution in [2.75, 3.05) is 11.4 Å². The Labute approximate surface area is 252 Å². The predicted molar refractivity (Wildman–Crippen MR) is 152 cm³/mol. The monoisotopic (exact) mass is 630 g/mol. The molecule has 0 aliphatic heterocycles. The first-order valence-electron chi connectivity index (χ1n) is 13.2. The molecule has 0 saturated carbocycles. The van der Waals surface area contributed by atoms with Crippen LogP contribution in [-0.4, -0.2) is 29.6 Å². The molecule has 4 rings (SSSR count). The number of aliphatic carboxylic acids is 1. The molecule has 0 spiro atoms. The molecule has 0 aliphatic rings. The van der Waals surface area contributed by atoms with E-state index in [1.807, 2.05) is 30.3 Å². The van der Waals surface area contributed by atoms with Gasteiger partial charge in [-0.1, -0.05) is 42.5 Å². The summed E-state index contributed by atoms with van der Waals surface area (Å²) in [5.74, 6) is -1.71. The zero-order valence-corrected chi connectivity index (χ0v) is 23.2. The molecule has 0 saturated heterocycles. The number of alkyl halides is 6. The number of nitrogens with zero attached hydrogens (tertiary/aromatic N) is 1. The molecule has 13 heteroatoms. The van der Waals surface area contributed by atoms with E-state index in [1.54, 1.807) is 12.1 Å². The lowest BCUT2D eigenvalue weighted by atomic mass is 10.0. The second kappa shape index (κ2) is 13.5. The Morgan fingerprint density at radius 3 is 1.82 bits per heavy atom. The van der Waals surface area contributed by atoms with E-state index in [-0.39, 0.29) is 36.0 Å². The Balaban J connectivity index is 1.65. The van der Waals surface area contributed by atoms with Crippen molar-refractivity contribution >= 4 is 23.7 Å². The number of amides is 2. The van der Waals surface area contributed by atoms with Gasteiger partial charge in [0.1, 0.15) is 5.75 Å². The SMILES string of the molecule is O=C(O)CCNC(=O)c1ccc(N(Cc2cc(C(F)(F)F)cc(C(F)(F)F)c2)C(=O)Oc2ccc(-c3ccccc3)cc2)cc1. The number of halogens is 6. The standard InChI is InChI=1S/C32H24F6N2O5/c33-31(34,35)24-16-20(17-25(18-24)32(36,37)38)19-40(26-10-6-23(7-11-26)29(43)39-15-14-28(41)42)30(44)45-27-12-8-22(9-13-27)21-4-2-1-3-5-21/h1-13,16-18H,14-15,19H2,(H,39,43)(H,41,42). The fraction of sp³-hybridized carbons (Fsp3) is 0.156. The maximum atomic E-state index is 13.5. The van der Waals surface area contributed by atoms with Crippen LogP contribution in [0.25, 0.3) is 11.1 Å². The van der Waals surface area contributed by atoms with Gasteiger partial charge in [0.25, 0.3) is 5.91 Å². The van der Waals surface area contributed by atoms with Gasteiger partial charge < -0.3 is 15.2 Å². The molecule has 0 aromatic heterocycles. The van der Waals surface area contributed by atoms with Crippen LogP contribution in [0.15, 0.2) is 97.1 Å². The molecule has 0 atom stereocenters. The largest absolute Gasteiger partial charge is 0.481 e. The Morgan fingerprint density at radius 2 is 1.29 bits per heavy atom. The van der Waals surface area contributed by atoms with Crippen LogP contribution in [0.4, 0.5) is 36.8 Å². The van der Waals surface area contributed by atoms with E-state index in [2.05, 4.69) is 5.32 Å². The van der Waals surface area contributed by atoms with Crippen molar-refractivity contribution in [1.29, 1.82) is 0 Å². The van der Waals surface area contributed by atoms with Crippen LogP contribution >= 0.6 is 0 Å². The molecule has 45 heavy (non-hydrogen) atoms. The van der Waals surface area contributed by atoms with Crippen LogP contribution in [0.1, 0.15) is 33.5 Å². The highest BCUT2D eigenvalue weighted by Crippen LogP contribution is 2.37. The fourth-order valence-corrected chi connectivity index (χ4v) is 4.23. The number of anilines is 1. The first-order valence-corrected chi connectivity index (χ1v) is 13.2. The van der Waals surface area contributed by atoms with Gasteiger partial charge in [-0.05, 0) is 71.3 Å². The molecule has 0 aliphatic carbocycles. The number of hydrogen-bond donors (Lipinski definition) is 2. The molecule has 2 amide bonds.